The number of hydrogen-bond acceptors (Lipinski definition) is 7. The second kappa shape index (κ2) is 7.40. The monoisotopic (exact) mass is 377 g/mol. The molecular formula is C17H12ClNO7. The number of Topliss-reactive ketones (excluding diaryl/α,β-unsaturated/α-hetero) is 1. The lowest BCUT2D eigenvalue weighted by atomic mass is 10.1. The molecule has 3 rings (SSSR count). The molecule has 0 aliphatic carbocycles. The van der Waals surface area contributed by atoms with Crippen molar-refractivity contribution in [3.05, 3.63) is 62.7 Å². The summed E-state index contributed by atoms with van der Waals surface area (Å²) in [7, 11) is 0. The van der Waals surface area contributed by atoms with Gasteiger partial charge >= 0.3 is 5.97 Å². The maximum Gasteiger partial charge on any atom is 0.345 e. The molecule has 0 spiro atoms. The van der Waals surface area contributed by atoms with E-state index in [-0.39, 0.29) is 40.9 Å². The largest absolute Gasteiger partial charge is 0.486 e. The van der Waals surface area contributed by atoms with Crippen LogP contribution in [0.5, 0.6) is 11.5 Å². The van der Waals surface area contributed by atoms with Crippen LogP contribution in [0.3, 0.4) is 0 Å². The van der Waals surface area contributed by atoms with Gasteiger partial charge in [-0.05, 0) is 12.1 Å². The number of hydrogen-bond donors (Lipinski definition) is 0. The van der Waals surface area contributed by atoms with Crippen molar-refractivity contribution in [1.29, 1.82) is 0 Å². The van der Waals surface area contributed by atoms with Crippen LogP contribution < -0.4 is 9.47 Å². The Kier molecular flexibility index (Phi) is 5.04. The first kappa shape index (κ1) is 17.7. The van der Waals surface area contributed by atoms with E-state index in [1.807, 2.05) is 0 Å². The molecule has 0 saturated heterocycles. The van der Waals surface area contributed by atoms with E-state index in [9.17, 15) is 19.7 Å². The molecule has 0 aromatic heterocycles. The van der Waals surface area contributed by atoms with E-state index in [1.165, 1.54) is 18.2 Å². The van der Waals surface area contributed by atoms with Gasteiger partial charge in [-0.25, -0.2) is 4.79 Å². The highest BCUT2D eigenvalue weighted by atomic mass is 35.5. The van der Waals surface area contributed by atoms with Gasteiger partial charge < -0.3 is 14.2 Å². The van der Waals surface area contributed by atoms with Gasteiger partial charge in [0.15, 0.2) is 18.1 Å². The Morgan fingerprint density at radius 3 is 2.42 bits per heavy atom. The van der Waals surface area contributed by atoms with E-state index < -0.39 is 29.0 Å². The van der Waals surface area contributed by atoms with Crippen molar-refractivity contribution in [1.82, 2.24) is 0 Å². The third kappa shape index (κ3) is 3.60. The maximum atomic E-state index is 12.3. The normalized spacial score (nSPS) is 12.3. The summed E-state index contributed by atoms with van der Waals surface area (Å²) in [4.78, 5) is 34.9. The summed E-state index contributed by atoms with van der Waals surface area (Å²) in [6, 6.07) is 8.57. The van der Waals surface area contributed by atoms with Crippen molar-refractivity contribution in [2.75, 3.05) is 19.8 Å². The van der Waals surface area contributed by atoms with Crippen molar-refractivity contribution in [2.24, 2.45) is 0 Å². The van der Waals surface area contributed by atoms with Crippen LogP contribution in [-0.2, 0) is 4.74 Å². The molecule has 2 aromatic rings. The van der Waals surface area contributed by atoms with Gasteiger partial charge in [0, 0.05) is 11.6 Å². The van der Waals surface area contributed by atoms with Crippen molar-refractivity contribution >= 4 is 29.0 Å². The molecule has 0 atom stereocenters. The first-order chi connectivity index (χ1) is 12.5. The smallest absolute Gasteiger partial charge is 0.345 e. The minimum atomic E-state index is -1.02. The maximum absolute atomic E-state index is 12.3. The van der Waals surface area contributed by atoms with E-state index in [4.69, 9.17) is 25.8 Å². The molecule has 1 heterocycles. The number of nitrogens with zero attached hydrogens (tertiary/aromatic N) is 1. The Morgan fingerprint density at radius 2 is 1.77 bits per heavy atom. The van der Waals surface area contributed by atoms with Crippen LogP contribution in [0.25, 0.3) is 0 Å². The Labute approximate surface area is 152 Å². The molecular weight excluding hydrogens is 366 g/mol. The summed E-state index contributed by atoms with van der Waals surface area (Å²) in [6.45, 7) is -0.0985. The van der Waals surface area contributed by atoms with E-state index in [1.54, 1.807) is 12.1 Å². The van der Waals surface area contributed by atoms with Crippen LogP contribution in [-0.4, -0.2) is 36.5 Å². The lowest BCUT2D eigenvalue weighted by Crippen LogP contribution is -2.18. The van der Waals surface area contributed by atoms with Gasteiger partial charge in [0.25, 0.3) is 5.69 Å². The minimum absolute atomic E-state index is 0.173. The summed E-state index contributed by atoms with van der Waals surface area (Å²) in [6.07, 6.45) is 0. The predicted molar refractivity (Wildman–Crippen MR) is 90.2 cm³/mol. The van der Waals surface area contributed by atoms with Crippen molar-refractivity contribution in [3.8, 4) is 11.5 Å². The summed E-state index contributed by atoms with van der Waals surface area (Å²) < 4.78 is 15.5. The number of rotatable bonds is 5. The number of carbonyl (C=O) groups is 2. The van der Waals surface area contributed by atoms with E-state index in [0.717, 1.165) is 6.07 Å². The van der Waals surface area contributed by atoms with Gasteiger partial charge in [-0.3, -0.25) is 14.9 Å². The summed E-state index contributed by atoms with van der Waals surface area (Å²) in [5.41, 5.74) is -0.630. The number of esters is 1. The number of nitro groups is 1. The molecule has 1 aliphatic rings. The summed E-state index contributed by atoms with van der Waals surface area (Å²) >= 11 is 5.92. The lowest BCUT2D eigenvalue weighted by molar-refractivity contribution is -0.385. The zero-order valence-corrected chi connectivity index (χ0v) is 14.0. The van der Waals surface area contributed by atoms with Crippen LogP contribution >= 0.6 is 11.6 Å². The quantitative estimate of drug-likeness (QED) is 0.341. The van der Waals surface area contributed by atoms with Gasteiger partial charge in [-0.15, -0.1) is 0 Å². The molecule has 0 fully saturated rings. The van der Waals surface area contributed by atoms with Crippen LogP contribution in [0.15, 0.2) is 36.4 Å². The van der Waals surface area contributed by atoms with E-state index >= 15 is 0 Å². The Bertz CT molecular complexity index is 897. The van der Waals surface area contributed by atoms with Gasteiger partial charge in [-0.1, -0.05) is 23.7 Å². The fourth-order valence-electron chi connectivity index (χ4n) is 2.37. The molecule has 2 aromatic carbocycles. The molecule has 0 saturated carbocycles. The van der Waals surface area contributed by atoms with Crippen LogP contribution in [0.2, 0.25) is 5.02 Å². The molecule has 0 bridgehead atoms. The second-order valence-electron chi connectivity index (χ2n) is 5.25. The van der Waals surface area contributed by atoms with Crippen LogP contribution in [0, 0.1) is 10.1 Å². The number of fused-ring (bicyclic) bond motifs is 1. The molecule has 0 unspecified atom stereocenters. The van der Waals surface area contributed by atoms with Crippen LogP contribution in [0.4, 0.5) is 5.69 Å². The molecule has 8 nitrogen and oxygen atoms in total. The van der Waals surface area contributed by atoms with Crippen molar-refractivity contribution < 1.29 is 28.7 Å². The fraction of sp³-hybridized carbons (Fsp3) is 0.176. The first-order valence-electron chi connectivity index (χ1n) is 7.50. The van der Waals surface area contributed by atoms with Gasteiger partial charge in [0.1, 0.15) is 18.8 Å². The highest BCUT2D eigenvalue weighted by Crippen LogP contribution is 2.36. The third-order valence-corrected chi connectivity index (χ3v) is 3.92. The number of nitro benzene ring substituents is 1. The topological polar surface area (TPSA) is 105 Å². The molecule has 0 N–H and O–H groups in total. The van der Waals surface area contributed by atoms with Crippen molar-refractivity contribution in [3.63, 3.8) is 0 Å². The predicted octanol–water partition coefficient (Wildman–Crippen LogP) is 3.06. The number of carbonyl (C=O) groups excluding carboxylic acids is 2. The molecule has 26 heavy (non-hydrogen) atoms. The first-order valence-corrected chi connectivity index (χ1v) is 7.88. The standard InChI is InChI=1S/C17H12ClNO7/c18-12-4-2-1-3-10(12)14(20)9-26-17(21)11-7-15-16(25-6-5-24-15)8-13(11)19(22)23/h1-4,7-8H,5-6,9H2. The molecule has 0 amide bonds. The highest BCUT2D eigenvalue weighted by molar-refractivity contribution is 6.34. The molecule has 0 radical (unpaired) electrons. The zero-order chi connectivity index (χ0) is 18.7. The van der Waals surface area contributed by atoms with E-state index in [2.05, 4.69) is 0 Å². The average Bonchev–Trinajstić information content (AvgIpc) is 2.65. The van der Waals surface area contributed by atoms with Crippen LogP contribution in [0.1, 0.15) is 20.7 Å². The Balaban J connectivity index is 1.80. The van der Waals surface area contributed by atoms with E-state index in [0.29, 0.717) is 0 Å². The molecule has 9 heteroatoms. The summed E-state index contributed by atoms with van der Waals surface area (Å²) in [5, 5.41) is 11.5. The second-order valence-corrected chi connectivity index (χ2v) is 5.66. The van der Waals surface area contributed by atoms with Gasteiger partial charge in [0.2, 0.25) is 5.78 Å². The minimum Gasteiger partial charge on any atom is -0.486 e. The number of benzene rings is 2. The zero-order valence-electron chi connectivity index (χ0n) is 13.3. The highest BCUT2D eigenvalue weighted by Gasteiger charge is 2.28. The number of halogens is 1. The Hall–Kier alpha value is -3.13. The van der Waals surface area contributed by atoms with Crippen molar-refractivity contribution in [2.45, 2.75) is 0 Å². The average molecular weight is 378 g/mol. The SMILES string of the molecule is O=C(COC(=O)c1cc2c(cc1[N+](=O)[O-])OCCO2)c1ccccc1Cl. The third-order valence-electron chi connectivity index (χ3n) is 3.59. The van der Waals surface area contributed by atoms with Gasteiger partial charge in [0.05, 0.1) is 16.0 Å². The summed E-state index contributed by atoms with van der Waals surface area (Å²) in [5.74, 6) is -1.17. The Morgan fingerprint density at radius 1 is 1.12 bits per heavy atom. The molecule has 134 valence electrons. The lowest BCUT2D eigenvalue weighted by Gasteiger charge is -2.18. The van der Waals surface area contributed by atoms with Gasteiger partial charge in [-0.2, -0.15) is 0 Å². The molecule has 1 aliphatic heterocycles. The fourth-order valence-corrected chi connectivity index (χ4v) is 2.61. The number of ether oxygens (including phenoxy) is 3. The number of ketones is 1.